The molecule has 0 aliphatic heterocycles. The number of anilines is 2. The molecule has 2 amide bonds. The first-order chi connectivity index (χ1) is 12.5. The smallest absolute Gasteiger partial charge is 0.255 e. The lowest BCUT2D eigenvalue weighted by Gasteiger charge is -2.10. The maximum Gasteiger partial charge on any atom is 0.255 e. The van der Waals surface area contributed by atoms with E-state index in [4.69, 9.17) is 4.74 Å². The number of ether oxygens (including phenoxy) is 1. The van der Waals surface area contributed by atoms with E-state index in [-0.39, 0.29) is 11.8 Å². The van der Waals surface area contributed by atoms with Gasteiger partial charge in [-0.2, -0.15) is 0 Å². The van der Waals surface area contributed by atoms with Crippen LogP contribution in [0.1, 0.15) is 43.0 Å². The van der Waals surface area contributed by atoms with Gasteiger partial charge in [0, 0.05) is 23.4 Å². The minimum absolute atomic E-state index is 0.00775. The van der Waals surface area contributed by atoms with Crippen molar-refractivity contribution in [3.05, 3.63) is 51.6 Å². The van der Waals surface area contributed by atoms with Crippen LogP contribution in [0.15, 0.2) is 42.5 Å². The van der Waals surface area contributed by atoms with Gasteiger partial charge in [0.2, 0.25) is 5.91 Å². The molecule has 0 aromatic heterocycles. The van der Waals surface area contributed by atoms with E-state index in [0.29, 0.717) is 23.4 Å². The number of methoxy groups -OCH3 is 1. The summed E-state index contributed by atoms with van der Waals surface area (Å²) in [6.07, 6.45) is 3.52. The third-order valence-corrected chi connectivity index (χ3v) is 4.67. The van der Waals surface area contributed by atoms with Crippen molar-refractivity contribution >= 4 is 45.8 Å². The van der Waals surface area contributed by atoms with Gasteiger partial charge >= 0.3 is 0 Å². The number of hydrogen-bond acceptors (Lipinski definition) is 3. The van der Waals surface area contributed by atoms with Crippen LogP contribution in [-0.4, -0.2) is 18.9 Å². The maximum absolute atomic E-state index is 12.4. The summed E-state index contributed by atoms with van der Waals surface area (Å²) in [5, 5.41) is 5.72. The summed E-state index contributed by atoms with van der Waals surface area (Å²) < 4.78 is 6.07. The molecule has 0 saturated carbocycles. The molecule has 5 nitrogen and oxygen atoms in total. The third-order valence-electron chi connectivity index (χ3n) is 3.83. The van der Waals surface area contributed by atoms with Gasteiger partial charge in [0.15, 0.2) is 0 Å². The fourth-order valence-corrected chi connectivity index (χ4v) is 3.18. The zero-order valence-corrected chi connectivity index (χ0v) is 17.1. The van der Waals surface area contributed by atoms with Crippen molar-refractivity contribution in [3.63, 3.8) is 0 Å². The van der Waals surface area contributed by atoms with Crippen LogP contribution in [0.4, 0.5) is 11.4 Å². The van der Waals surface area contributed by atoms with E-state index >= 15 is 0 Å². The van der Waals surface area contributed by atoms with Gasteiger partial charge in [-0.25, -0.2) is 0 Å². The average molecular weight is 466 g/mol. The zero-order valence-electron chi connectivity index (χ0n) is 15.0. The van der Waals surface area contributed by atoms with E-state index in [1.54, 1.807) is 43.5 Å². The summed E-state index contributed by atoms with van der Waals surface area (Å²) in [5.41, 5.74) is 1.85. The number of carbonyl (C=O) groups excluding carboxylic acids is 2. The van der Waals surface area contributed by atoms with Crippen LogP contribution in [0.3, 0.4) is 0 Å². The van der Waals surface area contributed by atoms with Gasteiger partial charge in [0.25, 0.3) is 5.91 Å². The van der Waals surface area contributed by atoms with E-state index in [2.05, 4.69) is 40.1 Å². The summed E-state index contributed by atoms with van der Waals surface area (Å²) in [7, 11) is 1.60. The Balaban J connectivity index is 2.00. The predicted octanol–water partition coefficient (Wildman–Crippen LogP) is 5.07. The number of nitrogens with one attached hydrogen (secondary N) is 2. The molecule has 0 atom stereocenters. The fraction of sp³-hybridized carbons (Fsp3) is 0.300. The van der Waals surface area contributed by atoms with Crippen molar-refractivity contribution in [2.45, 2.75) is 32.6 Å². The second-order valence-electron chi connectivity index (χ2n) is 5.89. The molecule has 0 unspecified atom stereocenters. The van der Waals surface area contributed by atoms with Crippen LogP contribution in [-0.2, 0) is 4.79 Å². The van der Waals surface area contributed by atoms with Crippen LogP contribution < -0.4 is 15.4 Å². The van der Waals surface area contributed by atoms with Crippen LogP contribution in [0.25, 0.3) is 0 Å². The lowest BCUT2D eigenvalue weighted by molar-refractivity contribution is -0.116. The first-order valence-corrected chi connectivity index (χ1v) is 9.66. The molecule has 138 valence electrons. The van der Waals surface area contributed by atoms with Crippen molar-refractivity contribution < 1.29 is 14.3 Å². The number of carbonyl (C=O) groups is 2. The molecule has 0 spiro atoms. The molecule has 0 heterocycles. The molecule has 0 aliphatic carbocycles. The second-order valence-corrected chi connectivity index (χ2v) is 7.05. The predicted molar refractivity (Wildman–Crippen MR) is 113 cm³/mol. The quantitative estimate of drug-likeness (QED) is 0.422. The lowest BCUT2D eigenvalue weighted by atomic mass is 10.2. The number of amides is 2. The van der Waals surface area contributed by atoms with E-state index in [1.807, 2.05) is 6.07 Å². The number of rotatable bonds is 8. The van der Waals surface area contributed by atoms with Gasteiger partial charge in [0.1, 0.15) is 5.75 Å². The van der Waals surface area contributed by atoms with Gasteiger partial charge in [-0.1, -0.05) is 25.8 Å². The first-order valence-electron chi connectivity index (χ1n) is 8.58. The van der Waals surface area contributed by atoms with Crippen LogP contribution >= 0.6 is 22.6 Å². The molecule has 2 rings (SSSR count). The average Bonchev–Trinajstić information content (AvgIpc) is 2.62. The summed E-state index contributed by atoms with van der Waals surface area (Å²) in [6.45, 7) is 2.11. The van der Waals surface area contributed by atoms with Crippen molar-refractivity contribution in [1.29, 1.82) is 0 Å². The highest BCUT2D eigenvalue weighted by Gasteiger charge is 2.10. The highest BCUT2D eigenvalue weighted by Crippen LogP contribution is 2.23. The van der Waals surface area contributed by atoms with Gasteiger partial charge in [-0.15, -0.1) is 0 Å². The Morgan fingerprint density at radius 1 is 1.04 bits per heavy atom. The van der Waals surface area contributed by atoms with E-state index in [0.717, 1.165) is 28.6 Å². The number of halogens is 1. The second kappa shape index (κ2) is 10.2. The molecule has 6 heteroatoms. The summed E-state index contributed by atoms with van der Waals surface area (Å²) in [4.78, 5) is 24.4. The van der Waals surface area contributed by atoms with Crippen molar-refractivity contribution in [3.8, 4) is 5.75 Å². The van der Waals surface area contributed by atoms with Crippen molar-refractivity contribution in [2.75, 3.05) is 17.7 Å². The molecule has 0 aliphatic rings. The highest BCUT2D eigenvalue weighted by molar-refractivity contribution is 14.1. The molecule has 26 heavy (non-hydrogen) atoms. The molecular weight excluding hydrogens is 443 g/mol. The Hall–Kier alpha value is -2.09. The standard InChI is InChI=1S/C20H23IN2O3/c1-3-4-5-9-19(24)22-15-7-6-8-16(13-15)23-20(25)14-10-11-18(26-2)17(21)12-14/h6-8,10-13H,3-5,9H2,1-2H3,(H,22,24)(H,23,25). The zero-order chi connectivity index (χ0) is 18.9. The number of hydrogen-bond donors (Lipinski definition) is 2. The Morgan fingerprint density at radius 2 is 1.77 bits per heavy atom. The van der Waals surface area contributed by atoms with Crippen molar-refractivity contribution in [1.82, 2.24) is 0 Å². The number of benzene rings is 2. The maximum atomic E-state index is 12.4. The Labute approximate surface area is 167 Å². The molecule has 0 fully saturated rings. The van der Waals surface area contributed by atoms with Gasteiger partial charge in [0.05, 0.1) is 10.7 Å². The van der Waals surface area contributed by atoms with Gasteiger partial charge in [-0.05, 0) is 65.4 Å². The molecule has 2 aromatic carbocycles. The summed E-state index contributed by atoms with van der Waals surface area (Å²) in [5.74, 6) is 0.513. The minimum Gasteiger partial charge on any atom is -0.496 e. The van der Waals surface area contributed by atoms with Crippen LogP contribution in [0, 0.1) is 3.57 Å². The molecular formula is C20H23IN2O3. The van der Waals surface area contributed by atoms with E-state index in [9.17, 15) is 9.59 Å². The van der Waals surface area contributed by atoms with Crippen LogP contribution in [0.2, 0.25) is 0 Å². The summed E-state index contributed by atoms with van der Waals surface area (Å²) in [6, 6.07) is 12.4. The minimum atomic E-state index is -0.211. The largest absolute Gasteiger partial charge is 0.496 e. The normalized spacial score (nSPS) is 10.3. The monoisotopic (exact) mass is 466 g/mol. The van der Waals surface area contributed by atoms with Gasteiger partial charge < -0.3 is 15.4 Å². The molecule has 0 saturated heterocycles. The fourth-order valence-electron chi connectivity index (χ4n) is 2.44. The van der Waals surface area contributed by atoms with Crippen molar-refractivity contribution in [2.24, 2.45) is 0 Å². The van der Waals surface area contributed by atoms with E-state index < -0.39 is 0 Å². The Kier molecular flexibility index (Phi) is 7.90. The highest BCUT2D eigenvalue weighted by atomic mass is 127. The third kappa shape index (κ3) is 6.01. The number of unbranched alkanes of at least 4 members (excludes halogenated alkanes) is 2. The Morgan fingerprint density at radius 3 is 2.42 bits per heavy atom. The van der Waals surface area contributed by atoms with E-state index in [1.165, 1.54) is 0 Å². The molecule has 2 aromatic rings. The molecule has 0 bridgehead atoms. The lowest BCUT2D eigenvalue weighted by Crippen LogP contribution is -2.14. The molecule has 2 N–H and O–H groups in total. The topological polar surface area (TPSA) is 67.4 Å². The molecule has 0 radical (unpaired) electrons. The summed E-state index contributed by atoms with van der Waals surface area (Å²) >= 11 is 2.13. The first kappa shape index (κ1) is 20.2. The van der Waals surface area contributed by atoms with Crippen LogP contribution in [0.5, 0.6) is 5.75 Å². The Bertz CT molecular complexity index is 777. The SMILES string of the molecule is CCCCCC(=O)Nc1cccc(NC(=O)c2ccc(OC)c(I)c2)c1. The van der Waals surface area contributed by atoms with Gasteiger partial charge in [-0.3, -0.25) is 9.59 Å².